The predicted octanol–water partition coefficient (Wildman–Crippen LogP) is 5.52. The van der Waals surface area contributed by atoms with E-state index in [1.54, 1.807) is 7.11 Å². The Kier molecular flexibility index (Phi) is 8.82. The Labute approximate surface area is 291 Å². The Balaban J connectivity index is 1.40. The number of hydrogen-bond donors (Lipinski definition) is 0. The minimum absolute atomic E-state index is 0.219. The average Bonchev–Trinajstić information content (AvgIpc) is 3.83. The Hall–Kier alpha value is -3.12. The van der Waals surface area contributed by atoms with E-state index in [2.05, 4.69) is 81.0 Å². The summed E-state index contributed by atoms with van der Waals surface area (Å²) in [5.41, 5.74) is 6.06. The number of piperazine rings is 1. The van der Waals surface area contributed by atoms with Crippen LogP contribution in [0.15, 0.2) is 24.4 Å². The summed E-state index contributed by atoms with van der Waals surface area (Å²) in [7, 11) is 1.21. The topological polar surface area (TPSA) is 87.5 Å². The highest BCUT2D eigenvalue weighted by molar-refractivity contribution is 6.62. The molecule has 1 aromatic carbocycles. The van der Waals surface area contributed by atoms with E-state index in [-0.39, 0.29) is 17.5 Å². The Morgan fingerprint density at radius 2 is 1.76 bits per heavy atom. The van der Waals surface area contributed by atoms with Crippen molar-refractivity contribution in [3.05, 3.63) is 35.7 Å². The van der Waals surface area contributed by atoms with Gasteiger partial charge in [0.2, 0.25) is 0 Å². The number of rotatable bonds is 10. The fourth-order valence-electron chi connectivity index (χ4n) is 7.60. The molecule has 3 aromatic rings. The Bertz CT molecular complexity index is 1720. The number of ether oxygens (including phenoxy) is 3. The van der Waals surface area contributed by atoms with Gasteiger partial charge in [0.1, 0.15) is 12.4 Å². The first-order valence-corrected chi connectivity index (χ1v) is 18.0. The van der Waals surface area contributed by atoms with Crippen LogP contribution in [0, 0.1) is 5.41 Å². The van der Waals surface area contributed by atoms with Gasteiger partial charge in [-0.05, 0) is 77.0 Å². The largest absolute Gasteiger partial charge is 0.494 e. The number of esters is 1. The summed E-state index contributed by atoms with van der Waals surface area (Å²) in [6.07, 6.45) is 5.13. The molecule has 3 fully saturated rings. The van der Waals surface area contributed by atoms with Gasteiger partial charge >= 0.3 is 13.1 Å². The lowest BCUT2D eigenvalue weighted by atomic mass is 9.77. The third kappa shape index (κ3) is 6.48. The van der Waals surface area contributed by atoms with E-state index in [1.807, 2.05) is 6.20 Å². The molecule has 4 aliphatic rings. The third-order valence-electron chi connectivity index (χ3n) is 11.3. The van der Waals surface area contributed by atoms with Crippen LogP contribution in [0.25, 0.3) is 22.2 Å². The van der Waals surface area contributed by atoms with Crippen molar-refractivity contribution in [2.45, 2.75) is 105 Å². The van der Waals surface area contributed by atoms with Crippen LogP contribution >= 0.6 is 0 Å². The smallest absolute Gasteiger partial charge is 0.490 e. The van der Waals surface area contributed by atoms with Crippen LogP contribution in [0.2, 0.25) is 0 Å². The van der Waals surface area contributed by atoms with E-state index in [4.69, 9.17) is 28.5 Å². The predicted molar refractivity (Wildman–Crippen MR) is 193 cm³/mol. The Morgan fingerprint density at radius 1 is 1.06 bits per heavy atom. The lowest BCUT2D eigenvalue weighted by Crippen LogP contribution is -2.47. The first kappa shape index (κ1) is 34.3. The zero-order valence-electron chi connectivity index (χ0n) is 30.9. The molecule has 10 nitrogen and oxygen atoms in total. The minimum Gasteiger partial charge on any atom is -0.490 e. The molecule has 3 aliphatic heterocycles. The minimum atomic E-state index is -0.534. The number of carbonyl (C=O) groups is 1. The summed E-state index contributed by atoms with van der Waals surface area (Å²) in [6, 6.07) is 7.42. The van der Waals surface area contributed by atoms with E-state index in [1.165, 1.54) is 25.3 Å². The van der Waals surface area contributed by atoms with Gasteiger partial charge in [0.15, 0.2) is 0 Å². The molecule has 0 unspecified atom stereocenters. The molecular formula is C38H53BN4O6. The average molecular weight is 673 g/mol. The maximum atomic E-state index is 11.9. The van der Waals surface area contributed by atoms with Crippen LogP contribution in [0.5, 0.6) is 5.75 Å². The molecule has 11 heteroatoms. The van der Waals surface area contributed by atoms with Crippen LogP contribution in [0.1, 0.15) is 85.6 Å². The molecule has 0 spiro atoms. The molecule has 49 heavy (non-hydrogen) atoms. The Morgan fingerprint density at radius 3 is 2.39 bits per heavy atom. The summed E-state index contributed by atoms with van der Waals surface area (Å²) in [5, 5.41) is 1.09. The van der Waals surface area contributed by atoms with Gasteiger partial charge in [0, 0.05) is 62.6 Å². The summed E-state index contributed by atoms with van der Waals surface area (Å²) in [5.74, 6) is 0.544. The monoisotopic (exact) mass is 672 g/mol. The second-order valence-corrected chi connectivity index (χ2v) is 16.2. The van der Waals surface area contributed by atoms with Gasteiger partial charge < -0.3 is 33.0 Å². The zero-order chi connectivity index (χ0) is 34.9. The van der Waals surface area contributed by atoms with E-state index >= 15 is 0 Å². The highest BCUT2D eigenvalue weighted by Crippen LogP contribution is 2.45. The lowest BCUT2D eigenvalue weighted by molar-refractivity contribution is -0.143. The summed E-state index contributed by atoms with van der Waals surface area (Å²) in [6.45, 7) is 21.8. The molecule has 5 heterocycles. The van der Waals surface area contributed by atoms with Gasteiger partial charge in [0.05, 0.1) is 59.2 Å². The van der Waals surface area contributed by atoms with E-state index in [9.17, 15) is 4.79 Å². The maximum Gasteiger partial charge on any atom is 0.494 e. The normalized spacial score (nSPS) is 21.2. The molecule has 2 saturated heterocycles. The first-order valence-electron chi connectivity index (χ1n) is 18.0. The lowest BCUT2D eigenvalue weighted by Gasteiger charge is -2.36. The second kappa shape index (κ2) is 12.6. The molecule has 0 amide bonds. The van der Waals surface area contributed by atoms with Crippen LogP contribution in [-0.4, -0.2) is 91.3 Å². The van der Waals surface area contributed by atoms with Gasteiger partial charge in [-0.3, -0.25) is 14.7 Å². The fourth-order valence-corrected chi connectivity index (χ4v) is 7.60. The van der Waals surface area contributed by atoms with E-state index in [0.717, 1.165) is 77.0 Å². The third-order valence-corrected chi connectivity index (χ3v) is 11.3. The second-order valence-electron chi connectivity index (χ2n) is 16.2. The molecule has 264 valence electrons. The van der Waals surface area contributed by atoms with Gasteiger partial charge in [0.25, 0.3) is 0 Å². The highest BCUT2D eigenvalue weighted by atomic mass is 16.7. The molecule has 0 bridgehead atoms. The van der Waals surface area contributed by atoms with Crippen LogP contribution in [0.3, 0.4) is 0 Å². The van der Waals surface area contributed by atoms with Crippen LogP contribution < -0.4 is 15.1 Å². The number of aromatic nitrogens is 2. The number of anilines is 1. The summed E-state index contributed by atoms with van der Waals surface area (Å²) < 4.78 is 33.5. The van der Waals surface area contributed by atoms with Gasteiger partial charge in [-0.15, -0.1) is 0 Å². The number of pyridine rings is 1. The molecule has 1 saturated carbocycles. The quantitative estimate of drug-likeness (QED) is 0.204. The molecule has 0 N–H and O–H groups in total. The number of methoxy groups -OCH3 is 1. The fraction of sp³-hybridized carbons (Fsp3) is 0.632. The molecule has 7 rings (SSSR count). The molecule has 1 atom stereocenters. The van der Waals surface area contributed by atoms with E-state index in [0.29, 0.717) is 26.2 Å². The van der Waals surface area contributed by atoms with Gasteiger partial charge in [-0.2, -0.15) is 0 Å². The first-order chi connectivity index (χ1) is 23.2. The number of carbonyl (C=O) groups excluding carboxylic acids is 1. The van der Waals surface area contributed by atoms with Crippen molar-refractivity contribution in [2.75, 3.05) is 51.4 Å². The molecule has 2 aromatic heterocycles. The number of benzene rings is 1. The van der Waals surface area contributed by atoms with Crippen molar-refractivity contribution >= 4 is 35.1 Å². The maximum absolute atomic E-state index is 11.9. The SMILES string of the molecule is CO[C@@H](C)c1ncc(N2CCN(C3CC3)CC2)cc1-c1c(CC(C)(C)COC(C)=O)c2cc(B3OC(C)(C)C(C)(C)O3)cc3c2n1CCO3. The van der Waals surface area contributed by atoms with Crippen molar-refractivity contribution in [1.29, 1.82) is 0 Å². The zero-order valence-corrected chi connectivity index (χ0v) is 30.9. The van der Waals surface area contributed by atoms with Gasteiger partial charge in [-0.25, -0.2) is 0 Å². The number of hydrogen-bond acceptors (Lipinski definition) is 9. The summed E-state index contributed by atoms with van der Waals surface area (Å²) in [4.78, 5) is 22.2. The van der Waals surface area contributed by atoms with Crippen molar-refractivity contribution in [2.24, 2.45) is 5.41 Å². The van der Waals surface area contributed by atoms with Crippen molar-refractivity contribution in [3.8, 4) is 17.0 Å². The standard InChI is InChI=1S/C38H53BN4O6/c1-24(45-9)33-30(20-28(22-40-33)42-14-12-41(13-15-42)27-10-11-27)34-31(21-36(3,4)23-47-25(2)44)29-18-26(19-32-35(29)43(34)16-17-46-32)39-48-37(5,6)38(7,8)49-39/h18-20,22,24,27H,10-17,21,23H2,1-9H3/t24-/m0/s1. The van der Waals surface area contributed by atoms with Gasteiger partial charge in [-0.1, -0.05) is 19.9 Å². The van der Waals surface area contributed by atoms with Crippen molar-refractivity contribution in [1.82, 2.24) is 14.5 Å². The van der Waals surface area contributed by atoms with Crippen LogP contribution in [0.4, 0.5) is 5.69 Å². The molecule has 0 radical (unpaired) electrons. The number of nitrogens with zero attached hydrogens (tertiary/aromatic N) is 4. The van der Waals surface area contributed by atoms with Crippen molar-refractivity contribution in [3.63, 3.8) is 0 Å². The van der Waals surface area contributed by atoms with Crippen molar-refractivity contribution < 1.29 is 28.3 Å². The summed E-state index contributed by atoms with van der Waals surface area (Å²) >= 11 is 0. The van der Waals surface area contributed by atoms with E-state index < -0.39 is 18.3 Å². The highest BCUT2D eigenvalue weighted by Gasteiger charge is 2.52. The molecular weight excluding hydrogens is 619 g/mol. The van der Waals surface area contributed by atoms with Crippen LogP contribution in [-0.2, 0) is 36.5 Å². The molecule has 1 aliphatic carbocycles.